The van der Waals surface area contributed by atoms with Gasteiger partial charge >= 0.3 is 0 Å². The molecular formula is C26H18ClN5O. The maximum Gasteiger partial charge on any atom is 0.152 e. The van der Waals surface area contributed by atoms with Gasteiger partial charge in [0.15, 0.2) is 6.29 Å². The second-order valence-electron chi connectivity index (χ2n) is 7.46. The van der Waals surface area contributed by atoms with Gasteiger partial charge in [0.05, 0.1) is 28.7 Å². The fraction of sp³-hybridized carbons (Fsp3) is 0.0385. The molecule has 5 rings (SSSR count). The van der Waals surface area contributed by atoms with Crippen LogP contribution in [-0.2, 0) is 7.05 Å². The van der Waals surface area contributed by atoms with Gasteiger partial charge in [-0.2, -0.15) is 0 Å². The zero-order valence-electron chi connectivity index (χ0n) is 17.7. The maximum absolute atomic E-state index is 12.0. The molecule has 0 aliphatic heterocycles. The lowest BCUT2D eigenvalue weighted by Crippen LogP contribution is -2.03. The van der Waals surface area contributed by atoms with E-state index >= 15 is 0 Å². The summed E-state index contributed by atoms with van der Waals surface area (Å²) in [6.45, 7) is 0. The number of halogens is 1. The summed E-state index contributed by atoms with van der Waals surface area (Å²) in [4.78, 5) is 29.9. The molecule has 0 atom stereocenters. The molecule has 0 aliphatic rings. The Morgan fingerprint density at radius 3 is 2.27 bits per heavy atom. The third-order valence-corrected chi connectivity index (χ3v) is 5.61. The van der Waals surface area contributed by atoms with Crippen molar-refractivity contribution in [1.29, 1.82) is 0 Å². The van der Waals surface area contributed by atoms with E-state index in [9.17, 15) is 4.79 Å². The standard InChI is InChI=1S/C26H18ClN5O/c1-32-14-21(22-25(27)29-16-30-26(22)32)24-19(15-33)12-20(13-28-24)31-23(17-8-4-2-5-9-17)18-10-6-3-7-11-18/h2-16H,1H3. The van der Waals surface area contributed by atoms with E-state index in [1.54, 1.807) is 12.3 Å². The van der Waals surface area contributed by atoms with Crippen molar-refractivity contribution in [1.82, 2.24) is 19.5 Å². The Kier molecular flexibility index (Phi) is 5.50. The molecule has 0 aliphatic carbocycles. The molecule has 0 radical (unpaired) electrons. The maximum atomic E-state index is 12.0. The van der Waals surface area contributed by atoms with Gasteiger partial charge in [-0.05, 0) is 6.07 Å². The molecule has 0 saturated carbocycles. The van der Waals surface area contributed by atoms with Crippen LogP contribution in [0.25, 0.3) is 22.3 Å². The van der Waals surface area contributed by atoms with Crippen molar-refractivity contribution in [3.63, 3.8) is 0 Å². The highest BCUT2D eigenvalue weighted by Gasteiger charge is 2.18. The van der Waals surface area contributed by atoms with E-state index in [-0.39, 0.29) is 0 Å². The summed E-state index contributed by atoms with van der Waals surface area (Å²) >= 11 is 6.35. The van der Waals surface area contributed by atoms with Gasteiger partial charge < -0.3 is 4.57 Å². The number of aryl methyl sites for hydroxylation is 1. The largest absolute Gasteiger partial charge is 0.335 e. The summed E-state index contributed by atoms with van der Waals surface area (Å²) in [5, 5.41) is 0.967. The summed E-state index contributed by atoms with van der Waals surface area (Å²) in [5.74, 6) is 0. The normalized spacial score (nSPS) is 10.8. The molecule has 0 spiro atoms. The number of carbonyl (C=O) groups is 1. The number of benzene rings is 2. The molecule has 5 aromatic rings. The molecule has 3 heterocycles. The van der Waals surface area contributed by atoms with Gasteiger partial charge in [-0.1, -0.05) is 72.3 Å². The number of pyridine rings is 1. The van der Waals surface area contributed by atoms with Crippen LogP contribution in [-0.4, -0.2) is 31.5 Å². The molecule has 0 bridgehead atoms. The summed E-state index contributed by atoms with van der Waals surface area (Å²) in [7, 11) is 1.86. The first kappa shape index (κ1) is 20.7. The number of aldehydes is 1. The number of nitrogens with zero attached hydrogens (tertiary/aromatic N) is 5. The predicted octanol–water partition coefficient (Wildman–Crippen LogP) is 5.67. The van der Waals surface area contributed by atoms with E-state index in [0.29, 0.717) is 38.7 Å². The molecule has 33 heavy (non-hydrogen) atoms. The number of rotatable bonds is 5. The Morgan fingerprint density at radius 2 is 1.64 bits per heavy atom. The van der Waals surface area contributed by atoms with Gasteiger partial charge in [0.2, 0.25) is 0 Å². The van der Waals surface area contributed by atoms with Crippen molar-refractivity contribution < 1.29 is 4.79 Å². The second-order valence-corrected chi connectivity index (χ2v) is 7.82. The highest BCUT2D eigenvalue weighted by atomic mass is 35.5. The molecular weight excluding hydrogens is 434 g/mol. The van der Waals surface area contributed by atoms with Crippen LogP contribution in [0.1, 0.15) is 21.5 Å². The fourth-order valence-electron chi connectivity index (χ4n) is 3.82. The first-order valence-corrected chi connectivity index (χ1v) is 10.6. The van der Waals surface area contributed by atoms with Gasteiger partial charge in [-0.25, -0.2) is 15.0 Å². The van der Waals surface area contributed by atoms with Crippen molar-refractivity contribution >= 4 is 40.3 Å². The third kappa shape index (κ3) is 3.92. The summed E-state index contributed by atoms with van der Waals surface area (Å²) in [5.41, 5.74) is 5.59. The highest BCUT2D eigenvalue weighted by Crippen LogP contribution is 2.34. The molecule has 0 amide bonds. The average Bonchev–Trinajstić information content (AvgIpc) is 3.21. The van der Waals surface area contributed by atoms with Gasteiger partial charge in [0.1, 0.15) is 17.1 Å². The van der Waals surface area contributed by atoms with Crippen LogP contribution in [0.15, 0.2) is 90.4 Å². The van der Waals surface area contributed by atoms with E-state index in [0.717, 1.165) is 23.1 Å². The lowest BCUT2D eigenvalue weighted by molar-refractivity contribution is 0.112. The Labute approximate surface area is 195 Å². The summed E-state index contributed by atoms with van der Waals surface area (Å²) in [6, 6.07) is 21.6. The van der Waals surface area contributed by atoms with Gasteiger partial charge in [-0.3, -0.25) is 9.78 Å². The Hall–Kier alpha value is -4.16. The molecule has 0 saturated heterocycles. The highest BCUT2D eigenvalue weighted by molar-refractivity contribution is 6.35. The van der Waals surface area contributed by atoms with E-state index < -0.39 is 0 Å². The third-order valence-electron chi connectivity index (χ3n) is 5.33. The minimum Gasteiger partial charge on any atom is -0.335 e. The van der Waals surface area contributed by atoms with Crippen molar-refractivity contribution in [2.24, 2.45) is 12.0 Å². The number of aromatic nitrogens is 4. The van der Waals surface area contributed by atoms with E-state index in [1.807, 2.05) is 78.5 Å². The van der Waals surface area contributed by atoms with Crippen LogP contribution < -0.4 is 0 Å². The first-order valence-electron chi connectivity index (χ1n) is 10.3. The van der Waals surface area contributed by atoms with E-state index in [1.165, 1.54) is 6.33 Å². The molecule has 0 fully saturated rings. The zero-order chi connectivity index (χ0) is 22.8. The minimum atomic E-state index is 0.312. The number of carbonyl (C=O) groups excluding carboxylic acids is 1. The van der Waals surface area contributed by atoms with Crippen LogP contribution in [0, 0.1) is 0 Å². The molecule has 160 valence electrons. The number of fused-ring (bicyclic) bond motifs is 1. The predicted molar refractivity (Wildman–Crippen MR) is 130 cm³/mol. The van der Waals surface area contributed by atoms with Gasteiger partial charge in [0, 0.05) is 35.5 Å². The van der Waals surface area contributed by atoms with E-state index in [4.69, 9.17) is 16.6 Å². The molecule has 2 aromatic carbocycles. The van der Waals surface area contributed by atoms with Gasteiger partial charge in [-0.15, -0.1) is 0 Å². The first-order chi connectivity index (χ1) is 16.2. The van der Waals surface area contributed by atoms with Crippen LogP contribution in [0.2, 0.25) is 5.15 Å². The monoisotopic (exact) mass is 451 g/mol. The second kappa shape index (κ2) is 8.76. The zero-order valence-corrected chi connectivity index (χ0v) is 18.4. The lowest BCUT2D eigenvalue weighted by Gasteiger charge is -2.09. The smallest absolute Gasteiger partial charge is 0.152 e. The fourth-order valence-corrected chi connectivity index (χ4v) is 4.05. The van der Waals surface area contributed by atoms with Crippen LogP contribution in [0.5, 0.6) is 0 Å². The number of aliphatic imine (C=N–C) groups is 1. The summed E-state index contributed by atoms with van der Waals surface area (Å²) < 4.78 is 1.84. The van der Waals surface area contributed by atoms with Gasteiger partial charge in [0.25, 0.3) is 0 Å². The molecule has 3 aromatic heterocycles. The Morgan fingerprint density at radius 1 is 0.970 bits per heavy atom. The number of hydrogen-bond acceptors (Lipinski definition) is 5. The summed E-state index contributed by atoms with van der Waals surface area (Å²) in [6.07, 6.45) is 5.70. The molecule has 0 unspecified atom stereocenters. The minimum absolute atomic E-state index is 0.312. The van der Waals surface area contributed by atoms with Crippen molar-refractivity contribution in [3.8, 4) is 11.3 Å². The van der Waals surface area contributed by atoms with Crippen LogP contribution >= 0.6 is 11.6 Å². The quantitative estimate of drug-likeness (QED) is 0.196. The molecule has 0 N–H and O–H groups in total. The average molecular weight is 452 g/mol. The van der Waals surface area contributed by atoms with E-state index in [2.05, 4.69) is 15.0 Å². The Bertz CT molecular complexity index is 1450. The van der Waals surface area contributed by atoms with Crippen molar-refractivity contribution in [2.45, 2.75) is 0 Å². The molecule has 7 heteroatoms. The Balaban J connectivity index is 1.66. The van der Waals surface area contributed by atoms with Crippen LogP contribution in [0.3, 0.4) is 0 Å². The van der Waals surface area contributed by atoms with Crippen LogP contribution in [0.4, 0.5) is 5.69 Å². The lowest BCUT2D eigenvalue weighted by atomic mass is 10.0. The topological polar surface area (TPSA) is 73.0 Å². The SMILES string of the molecule is Cn1cc(-c2ncc(N=C(c3ccccc3)c3ccccc3)cc2C=O)c2c(Cl)ncnc21. The number of hydrogen-bond donors (Lipinski definition) is 0. The molecule has 6 nitrogen and oxygen atoms in total. The van der Waals surface area contributed by atoms with Crippen molar-refractivity contribution in [2.75, 3.05) is 0 Å². The van der Waals surface area contributed by atoms with Crippen molar-refractivity contribution in [3.05, 3.63) is 107 Å².